The number of ether oxygens (including phenoxy) is 3. The van der Waals surface area contributed by atoms with Crippen molar-refractivity contribution in [3.05, 3.63) is 94.3 Å². The van der Waals surface area contributed by atoms with Crippen LogP contribution in [0.25, 0.3) is 22.5 Å². The van der Waals surface area contributed by atoms with Gasteiger partial charge in [-0.25, -0.2) is 9.97 Å². The molecule has 0 spiro atoms. The van der Waals surface area contributed by atoms with Crippen LogP contribution in [-0.2, 0) is 36.9 Å². The van der Waals surface area contributed by atoms with Gasteiger partial charge in [-0.05, 0) is 95.5 Å². The summed E-state index contributed by atoms with van der Waals surface area (Å²) in [7, 11) is 1.41. The number of nitrogens with zero attached hydrogens (tertiary/aromatic N) is 4. The highest BCUT2D eigenvalue weighted by atomic mass is 16.5. The summed E-state index contributed by atoms with van der Waals surface area (Å²) >= 11 is 0. The van der Waals surface area contributed by atoms with Gasteiger partial charge in [0, 0.05) is 43.2 Å². The van der Waals surface area contributed by atoms with Crippen molar-refractivity contribution in [2.45, 2.75) is 90.8 Å². The lowest BCUT2D eigenvalue weighted by Gasteiger charge is -2.32. The number of rotatable bonds is 17. The van der Waals surface area contributed by atoms with Gasteiger partial charge in [0.25, 0.3) is 5.91 Å². The van der Waals surface area contributed by atoms with E-state index in [2.05, 4.69) is 31.2 Å². The first-order chi connectivity index (χ1) is 32.4. The number of hydrogen-bond donors (Lipinski definition) is 7. The Morgan fingerprint density at radius 2 is 1.50 bits per heavy atom. The zero-order chi connectivity index (χ0) is 49.7. The van der Waals surface area contributed by atoms with Crippen molar-refractivity contribution in [1.29, 1.82) is 5.26 Å². The van der Waals surface area contributed by atoms with Crippen molar-refractivity contribution in [2.75, 3.05) is 46.4 Å². The molecular formula is C49H63N11O8. The Bertz CT molecular complexity index is 2480. The molecule has 4 bridgehead atoms. The van der Waals surface area contributed by atoms with Gasteiger partial charge in [-0.15, -0.1) is 0 Å². The van der Waals surface area contributed by atoms with E-state index in [4.69, 9.17) is 31.4 Å². The molecule has 19 heteroatoms. The molecule has 19 nitrogen and oxygen atoms in total. The molecule has 4 atom stereocenters. The van der Waals surface area contributed by atoms with Crippen LogP contribution in [0.1, 0.15) is 78.6 Å². The van der Waals surface area contributed by atoms with Crippen molar-refractivity contribution in [2.24, 2.45) is 17.2 Å². The molecule has 5 rings (SSSR count). The molecule has 0 aliphatic carbocycles. The number of aryl methyl sites for hydroxylation is 2. The van der Waals surface area contributed by atoms with Gasteiger partial charge < -0.3 is 57.6 Å². The molecule has 1 aliphatic rings. The van der Waals surface area contributed by atoms with Crippen LogP contribution in [0.2, 0.25) is 0 Å². The van der Waals surface area contributed by atoms with Crippen LogP contribution < -0.4 is 47.9 Å². The Balaban J connectivity index is 1.54. The van der Waals surface area contributed by atoms with E-state index in [1.807, 2.05) is 51.1 Å². The maximum Gasteiger partial charge on any atom is 0.255 e. The highest BCUT2D eigenvalue weighted by Crippen LogP contribution is 2.40. The van der Waals surface area contributed by atoms with Gasteiger partial charge in [-0.2, -0.15) is 5.26 Å². The van der Waals surface area contributed by atoms with Crippen LogP contribution in [0, 0.1) is 25.2 Å². The third-order valence-electron chi connectivity index (χ3n) is 11.0. The summed E-state index contributed by atoms with van der Waals surface area (Å²) in [6.07, 6.45) is -0.0106. The van der Waals surface area contributed by atoms with Crippen LogP contribution in [0.4, 0.5) is 0 Å². The lowest BCUT2D eigenvalue weighted by molar-refractivity contribution is -0.141. The van der Waals surface area contributed by atoms with Gasteiger partial charge in [0.05, 0.1) is 35.2 Å². The van der Waals surface area contributed by atoms with Crippen LogP contribution >= 0.6 is 0 Å². The molecule has 3 aromatic carbocycles. The largest absolute Gasteiger partial charge is 0.492 e. The number of carbonyl (C=O) groups is 5. The van der Waals surface area contributed by atoms with Crippen LogP contribution in [-0.4, -0.2) is 115 Å². The molecule has 4 aromatic rings. The zero-order valence-corrected chi connectivity index (χ0v) is 39.7. The van der Waals surface area contributed by atoms with Gasteiger partial charge in [-0.3, -0.25) is 24.0 Å². The lowest BCUT2D eigenvalue weighted by atomic mass is 9.93. The Labute approximate surface area is 396 Å². The minimum Gasteiger partial charge on any atom is -0.492 e. The van der Waals surface area contributed by atoms with Gasteiger partial charge in [-0.1, -0.05) is 36.4 Å². The standard InChI is InChI=1S/C49H63N11O8/c1-28-41(29(2)56-43(55-28)33-11-8-31(9-12-33)27-68-49(4,5)6)46(63)58-37(16-17-50)48(65)60(7)42-34-13-15-40(67-23-20-53)36(26-34)35-24-32(10-14-39(35)66-22-19-52)25-38(45(62)54-21-18-51)59-44(61)30(3)57-47(42)64/h8-15,24,26,30,37-38,42H,16-17,19-23,25,27,50,52-53H2,1-7H3,(H,54,62)(H,57,64)(H,58,63)(H,59,61)/t30-,37?,38-,42-/m0/s1. The molecule has 0 fully saturated rings. The molecular weight excluding hydrogens is 871 g/mol. The van der Waals surface area contributed by atoms with Crippen LogP contribution in [0.3, 0.4) is 0 Å². The Hall–Kier alpha value is -6.98. The van der Waals surface area contributed by atoms with E-state index in [-0.39, 0.29) is 63.4 Å². The molecule has 0 saturated carbocycles. The number of aromatic nitrogens is 2. The number of amides is 5. The summed E-state index contributed by atoms with van der Waals surface area (Å²) in [5.74, 6) is -2.20. The number of fused-ring (bicyclic) bond motifs is 5. The fourth-order valence-corrected chi connectivity index (χ4v) is 7.58. The summed E-state index contributed by atoms with van der Waals surface area (Å²) in [6, 6.07) is 14.6. The highest BCUT2D eigenvalue weighted by molar-refractivity contribution is 6.00. The first-order valence-electron chi connectivity index (χ1n) is 22.4. The van der Waals surface area contributed by atoms with Crippen molar-refractivity contribution >= 4 is 29.5 Å². The number of nitrogens with two attached hydrogens (primary N) is 3. The predicted molar refractivity (Wildman–Crippen MR) is 255 cm³/mol. The monoisotopic (exact) mass is 933 g/mol. The molecule has 5 amide bonds. The van der Waals surface area contributed by atoms with Crippen LogP contribution in [0.5, 0.6) is 11.5 Å². The van der Waals surface area contributed by atoms with E-state index >= 15 is 0 Å². The second-order valence-electron chi connectivity index (χ2n) is 17.4. The van der Waals surface area contributed by atoms with Gasteiger partial charge in [0.15, 0.2) is 5.82 Å². The molecule has 0 saturated heterocycles. The smallest absolute Gasteiger partial charge is 0.255 e. The molecule has 68 heavy (non-hydrogen) atoms. The SMILES string of the molecule is Cc1nc(-c2ccc(COC(C)(C)C)cc2)nc(C)c1C(=O)NC(CCN)C(=O)N(C)[C@@H]1C(=O)N[C@@H](C)C(=O)N[C@H](C(=O)NCC#N)Cc2ccc(OCCN)c(c2)-c2cc1ccc2OCCN. The fourth-order valence-electron chi connectivity index (χ4n) is 7.58. The van der Waals surface area contributed by atoms with Crippen molar-refractivity contribution in [3.63, 3.8) is 0 Å². The van der Waals surface area contributed by atoms with E-state index < -0.39 is 53.7 Å². The Morgan fingerprint density at radius 3 is 2.09 bits per heavy atom. The number of nitriles is 1. The third kappa shape index (κ3) is 13.3. The van der Waals surface area contributed by atoms with Gasteiger partial charge in [0.2, 0.25) is 23.6 Å². The summed E-state index contributed by atoms with van der Waals surface area (Å²) in [5, 5.41) is 19.9. The topological polar surface area (TPSA) is 292 Å². The van der Waals surface area contributed by atoms with E-state index in [9.17, 15) is 29.2 Å². The van der Waals surface area contributed by atoms with E-state index in [1.165, 1.54) is 18.9 Å². The second-order valence-corrected chi connectivity index (χ2v) is 17.4. The predicted octanol–water partition coefficient (Wildman–Crippen LogP) is 2.25. The van der Waals surface area contributed by atoms with E-state index in [1.54, 1.807) is 50.2 Å². The molecule has 10 N–H and O–H groups in total. The fraction of sp³-hybridized carbons (Fsp3) is 0.429. The average molecular weight is 934 g/mol. The van der Waals surface area contributed by atoms with Crippen LogP contribution in [0.15, 0.2) is 60.7 Å². The number of nitrogens with one attached hydrogen (secondary N) is 4. The first-order valence-corrected chi connectivity index (χ1v) is 22.4. The average Bonchev–Trinajstić information content (AvgIpc) is 3.30. The lowest BCUT2D eigenvalue weighted by Crippen LogP contribution is -2.56. The van der Waals surface area contributed by atoms with Crippen molar-refractivity contribution < 1.29 is 38.2 Å². The molecule has 1 aromatic heterocycles. The van der Waals surface area contributed by atoms with E-state index in [0.29, 0.717) is 57.6 Å². The first kappa shape index (κ1) is 52.0. The molecule has 1 unspecified atom stereocenters. The number of carbonyl (C=O) groups excluding carboxylic acids is 5. The summed E-state index contributed by atoms with van der Waals surface area (Å²) in [5.41, 5.74) is 21.9. The molecule has 362 valence electrons. The highest BCUT2D eigenvalue weighted by Gasteiger charge is 2.36. The van der Waals surface area contributed by atoms with Gasteiger partial charge in [0.1, 0.15) is 55.4 Å². The van der Waals surface area contributed by atoms with Crippen molar-refractivity contribution in [3.8, 4) is 40.1 Å². The van der Waals surface area contributed by atoms with Crippen molar-refractivity contribution in [1.82, 2.24) is 36.1 Å². The number of benzene rings is 3. The number of likely N-dealkylation sites (N-methyl/N-ethyl adjacent to an activating group) is 1. The minimum absolute atomic E-state index is 0.00204. The number of hydrogen-bond acceptors (Lipinski definition) is 14. The zero-order valence-electron chi connectivity index (χ0n) is 39.7. The summed E-state index contributed by atoms with van der Waals surface area (Å²) in [4.78, 5) is 81.1. The Morgan fingerprint density at radius 1 is 0.882 bits per heavy atom. The third-order valence-corrected chi connectivity index (χ3v) is 11.0. The molecule has 0 radical (unpaired) electrons. The summed E-state index contributed by atoms with van der Waals surface area (Å²) < 4.78 is 18.1. The molecule has 1 aliphatic heterocycles. The van der Waals surface area contributed by atoms with Gasteiger partial charge >= 0.3 is 0 Å². The maximum absolute atomic E-state index is 14.7. The maximum atomic E-state index is 14.7. The van der Waals surface area contributed by atoms with E-state index in [0.717, 1.165) is 11.1 Å². The summed E-state index contributed by atoms with van der Waals surface area (Å²) in [6.45, 7) is 11.5. The normalized spacial score (nSPS) is 16.5. The minimum atomic E-state index is -1.41. The second kappa shape index (κ2) is 23.7. The Kier molecular flexibility index (Phi) is 18.1. The quantitative estimate of drug-likeness (QED) is 0.0748. The molecule has 2 heterocycles.